The van der Waals surface area contributed by atoms with Crippen molar-refractivity contribution in [2.24, 2.45) is 5.10 Å². The number of benzene rings is 1. The minimum atomic E-state index is 0.463. The molecule has 0 spiro atoms. The lowest BCUT2D eigenvalue weighted by atomic mass is 10.2. The van der Waals surface area contributed by atoms with Gasteiger partial charge < -0.3 is 14.8 Å². The van der Waals surface area contributed by atoms with Crippen molar-refractivity contribution in [1.82, 2.24) is 10.7 Å². The van der Waals surface area contributed by atoms with Gasteiger partial charge in [0.25, 0.3) is 0 Å². The van der Waals surface area contributed by atoms with Crippen LogP contribution in [0.25, 0.3) is 0 Å². The van der Waals surface area contributed by atoms with Gasteiger partial charge in [-0.25, -0.2) is 0 Å². The SMILES string of the molecule is CCOc1cc(/C=N/NC(=S)NC)ccc1OC. The molecule has 1 aromatic rings. The van der Waals surface area contributed by atoms with Crippen molar-refractivity contribution in [2.45, 2.75) is 6.92 Å². The van der Waals surface area contributed by atoms with Crippen molar-refractivity contribution in [1.29, 1.82) is 0 Å². The number of thiocarbonyl (C=S) groups is 1. The molecule has 0 fully saturated rings. The predicted molar refractivity (Wildman–Crippen MR) is 76.6 cm³/mol. The molecule has 0 aromatic heterocycles. The number of hydrogen-bond acceptors (Lipinski definition) is 4. The quantitative estimate of drug-likeness (QED) is 0.481. The maximum absolute atomic E-state index is 5.47. The fourth-order valence-corrected chi connectivity index (χ4v) is 1.32. The maximum atomic E-state index is 5.47. The highest BCUT2D eigenvalue weighted by atomic mass is 32.1. The summed E-state index contributed by atoms with van der Waals surface area (Å²) < 4.78 is 10.7. The van der Waals surface area contributed by atoms with Gasteiger partial charge in [-0.2, -0.15) is 5.10 Å². The molecule has 0 aliphatic heterocycles. The Bertz CT molecular complexity index is 435. The summed E-state index contributed by atoms with van der Waals surface area (Å²) in [6, 6.07) is 5.58. The van der Waals surface area contributed by atoms with Crippen molar-refractivity contribution in [3.05, 3.63) is 23.8 Å². The molecular weight excluding hydrogens is 250 g/mol. The maximum Gasteiger partial charge on any atom is 0.186 e. The number of ether oxygens (including phenoxy) is 2. The van der Waals surface area contributed by atoms with Crippen LogP contribution in [-0.2, 0) is 0 Å². The van der Waals surface area contributed by atoms with Crippen LogP contribution in [0.2, 0.25) is 0 Å². The number of nitrogens with zero attached hydrogens (tertiary/aromatic N) is 1. The van der Waals surface area contributed by atoms with Gasteiger partial charge in [-0.15, -0.1) is 0 Å². The standard InChI is InChI=1S/C12H17N3O2S/c1-4-17-11-7-9(5-6-10(11)16-3)8-14-15-12(18)13-2/h5-8H,4H2,1-3H3,(H2,13,15,18)/b14-8+. The molecule has 0 saturated carbocycles. The first-order valence-electron chi connectivity index (χ1n) is 5.52. The van der Waals surface area contributed by atoms with Crippen LogP contribution in [0.5, 0.6) is 11.5 Å². The smallest absolute Gasteiger partial charge is 0.186 e. The van der Waals surface area contributed by atoms with E-state index in [0.717, 1.165) is 5.56 Å². The van der Waals surface area contributed by atoms with Gasteiger partial charge in [0.2, 0.25) is 0 Å². The van der Waals surface area contributed by atoms with E-state index >= 15 is 0 Å². The van der Waals surface area contributed by atoms with E-state index in [1.807, 2.05) is 25.1 Å². The predicted octanol–water partition coefficient (Wildman–Crippen LogP) is 1.52. The lowest BCUT2D eigenvalue weighted by molar-refractivity contribution is 0.311. The Morgan fingerprint density at radius 2 is 2.22 bits per heavy atom. The van der Waals surface area contributed by atoms with Gasteiger partial charge in [0.1, 0.15) is 0 Å². The molecule has 0 radical (unpaired) electrons. The van der Waals surface area contributed by atoms with Crippen LogP contribution in [-0.4, -0.2) is 32.1 Å². The molecule has 0 aliphatic carbocycles. The van der Waals surface area contributed by atoms with E-state index in [9.17, 15) is 0 Å². The van der Waals surface area contributed by atoms with Crippen LogP contribution in [0.4, 0.5) is 0 Å². The number of hydrogen-bond donors (Lipinski definition) is 2. The monoisotopic (exact) mass is 267 g/mol. The summed E-state index contributed by atoms with van der Waals surface area (Å²) >= 11 is 4.90. The van der Waals surface area contributed by atoms with E-state index in [4.69, 9.17) is 21.7 Å². The van der Waals surface area contributed by atoms with Gasteiger partial charge in [0.15, 0.2) is 16.6 Å². The normalized spacial score (nSPS) is 10.2. The first kappa shape index (κ1) is 14.2. The molecule has 0 bridgehead atoms. The summed E-state index contributed by atoms with van der Waals surface area (Å²) in [6.07, 6.45) is 1.66. The largest absolute Gasteiger partial charge is 0.493 e. The van der Waals surface area contributed by atoms with Gasteiger partial charge in [-0.3, -0.25) is 5.43 Å². The molecule has 98 valence electrons. The zero-order valence-electron chi connectivity index (χ0n) is 10.7. The average Bonchev–Trinajstić information content (AvgIpc) is 2.39. The Kier molecular flexibility index (Phi) is 5.93. The molecule has 6 heteroatoms. The highest BCUT2D eigenvalue weighted by molar-refractivity contribution is 7.80. The van der Waals surface area contributed by atoms with Gasteiger partial charge in [0.05, 0.1) is 19.9 Å². The van der Waals surface area contributed by atoms with E-state index in [0.29, 0.717) is 23.2 Å². The zero-order chi connectivity index (χ0) is 13.4. The van der Waals surface area contributed by atoms with Crippen molar-refractivity contribution < 1.29 is 9.47 Å². The second kappa shape index (κ2) is 7.50. The molecule has 0 atom stereocenters. The molecule has 0 aliphatic rings. The van der Waals surface area contributed by atoms with Crippen LogP contribution in [0.15, 0.2) is 23.3 Å². The molecule has 18 heavy (non-hydrogen) atoms. The lowest BCUT2D eigenvalue weighted by Crippen LogP contribution is -2.28. The van der Waals surface area contributed by atoms with Crippen LogP contribution in [0.1, 0.15) is 12.5 Å². The number of methoxy groups -OCH3 is 1. The molecule has 0 saturated heterocycles. The highest BCUT2D eigenvalue weighted by Crippen LogP contribution is 2.27. The Hall–Kier alpha value is -1.82. The Morgan fingerprint density at radius 3 is 2.83 bits per heavy atom. The molecule has 5 nitrogen and oxygen atoms in total. The number of rotatable bonds is 5. The minimum Gasteiger partial charge on any atom is -0.493 e. The third-order valence-corrected chi connectivity index (χ3v) is 2.39. The van der Waals surface area contributed by atoms with Crippen molar-refractivity contribution in [2.75, 3.05) is 20.8 Å². The fraction of sp³-hybridized carbons (Fsp3) is 0.333. The van der Waals surface area contributed by atoms with E-state index in [-0.39, 0.29) is 0 Å². The van der Waals surface area contributed by atoms with Crippen LogP contribution >= 0.6 is 12.2 Å². The lowest BCUT2D eigenvalue weighted by Gasteiger charge is -2.09. The van der Waals surface area contributed by atoms with E-state index in [1.54, 1.807) is 20.4 Å². The highest BCUT2D eigenvalue weighted by Gasteiger charge is 2.03. The third-order valence-electron chi connectivity index (χ3n) is 2.09. The molecule has 0 heterocycles. The molecule has 1 rings (SSSR count). The van der Waals surface area contributed by atoms with Crippen molar-refractivity contribution in [3.8, 4) is 11.5 Å². The Balaban J connectivity index is 2.77. The van der Waals surface area contributed by atoms with E-state index in [1.165, 1.54) is 0 Å². The minimum absolute atomic E-state index is 0.463. The van der Waals surface area contributed by atoms with Crippen LogP contribution in [0.3, 0.4) is 0 Å². The van der Waals surface area contributed by atoms with E-state index in [2.05, 4.69) is 15.8 Å². The molecular formula is C12H17N3O2S. The molecule has 0 unspecified atom stereocenters. The second-order valence-electron chi connectivity index (χ2n) is 3.29. The topological polar surface area (TPSA) is 54.9 Å². The molecule has 0 amide bonds. The molecule has 2 N–H and O–H groups in total. The van der Waals surface area contributed by atoms with Gasteiger partial charge >= 0.3 is 0 Å². The third kappa shape index (κ3) is 4.21. The molecule has 1 aromatic carbocycles. The average molecular weight is 267 g/mol. The van der Waals surface area contributed by atoms with Gasteiger partial charge in [-0.1, -0.05) is 0 Å². The second-order valence-corrected chi connectivity index (χ2v) is 3.70. The van der Waals surface area contributed by atoms with Crippen LogP contribution < -0.4 is 20.2 Å². The van der Waals surface area contributed by atoms with Crippen molar-refractivity contribution >= 4 is 23.5 Å². The summed E-state index contributed by atoms with van der Waals surface area (Å²) in [7, 11) is 3.34. The zero-order valence-corrected chi connectivity index (χ0v) is 11.5. The first-order valence-corrected chi connectivity index (χ1v) is 5.93. The summed E-state index contributed by atoms with van der Waals surface area (Å²) in [5.41, 5.74) is 3.57. The van der Waals surface area contributed by atoms with Gasteiger partial charge in [0, 0.05) is 7.05 Å². The summed E-state index contributed by atoms with van der Waals surface area (Å²) in [4.78, 5) is 0. The van der Waals surface area contributed by atoms with Gasteiger partial charge in [-0.05, 0) is 42.9 Å². The Labute approximate surface area is 112 Å². The van der Waals surface area contributed by atoms with Crippen LogP contribution in [0, 0.1) is 0 Å². The first-order chi connectivity index (χ1) is 8.71. The number of hydrazone groups is 1. The fourth-order valence-electron chi connectivity index (χ4n) is 1.26. The van der Waals surface area contributed by atoms with Crippen molar-refractivity contribution in [3.63, 3.8) is 0 Å². The summed E-state index contributed by atoms with van der Waals surface area (Å²) in [5, 5.41) is 7.22. The van der Waals surface area contributed by atoms with E-state index < -0.39 is 0 Å². The number of nitrogens with one attached hydrogen (secondary N) is 2. The summed E-state index contributed by atoms with van der Waals surface area (Å²) in [5.74, 6) is 1.40. The Morgan fingerprint density at radius 1 is 1.44 bits per heavy atom. The summed E-state index contributed by atoms with van der Waals surface area (Å²) in [6.45, 7) is 2.51.